The van der Waals surface area contributed by atoms with Crippen molar-refractivity contribution in [1.29, 1.82) is 0 Å². The number of pyridine rings is 1. The summed E-state index contributed by atoms with van der Waals surface area (Å²) in [7, 11) is 0. The van der Waals surface area contributed by atoms with Crippen LogP contribution < -0.4 is 5.32 Å². The maximum atomic E-state index is 6.22. The van der Waals surface area contributed by atoms with Crippen LogP contribution in [0.25, 0.3) is 0 Å². The number of hydrogen-bond donors (Lipinski definition) is 1. The molecule has 4 heteroatoms. The Labute approximate surface area is 126 Å². The maximum Gasteiger partial charge on any atom is 0.0634 e. The minimum atomic E-state index is 0.671. The van der Waals surface area contributed by atoms with Gasteiger partial charge >= 0.3 is 0 Å². The van der Waals surface area contributed by atoms with Gasteiger partial charge in [0.05, 0.1) is 5.02 Å². The number of piperazine rings is 1. The number of nitrogens with one attached hydrogen (secondary N) is 1. The highest BCUT2D eigenvalue weighted by Crippen LogP contribution is 2.28. The summed E-state index contributed by atoms with van der Waals surface area (Å²) in [6.45, 7) is 4.32. The summed E-state index contributed by atoms with van der Waals surface area (Å²) < 4.78 is 0. The van der Waals surface area contributed by atoms with Crippen LogP contribution >= 0.6 is 11.6 Å². The van der Waals surface area contributed by atoms with E-state index >= 15 is 0 Å². The van der Waals surface area contributed by atoms with Gasteiger partial charge in [0.2, 0.25) is 0 Å². The Morgan fingerprint density at radius 2 is 2.15 bits per heavy atom. The summed E-state index contributed by atoms with van der Waals surface area (Å²) in [4.78, 5) is 6.60. The topological polar surface area (TPSA) is 28.2 Å². The molecule has 0 amide bonds. The van der Waals surface area contributed by atoms with Crippen molar-refractivity contribution in [3.05, 3.63) is 29.0 Å². The fourth-order valence-electron chi connectivity index (χ4n) is 3.61. The van der Waals surface area contributed by atoms with Crippen molar-refractivity contribution in [2.75, 3.05) is 19.6 Å². The minimum Gasteiger partial charge on any atom is -0.311 e. The Kier molecular flexibility index (Phi) is 4.92. The highest BCUT2D eigenvalue weighted by Gasteiger charge is 2.28. The van der Waals surface area contributed by atoms with Gasteiger partial charge in [-0.3, -0.25) is 9.88 Å². The van der Waals surface area contributed by atoms with Gasteiger partial charge in [-0.25, -0.2) is 0 Å². The molecule has 1 saturated heterocycles. The molecule has 1 unspecified atom stereocenters. The summed E-state index contributed by atoms with van der Waals surface area (Å²) >= 11 is 6.22. The van der Waals surface area contributed by atoms with E-state index in [1.807, 2.05) is 12.3 Å². The summed E-state index contributed by atoms with van der Waals surface area (Å²) in [5.41, 5.74) is 1.20. The van der Waals surface area contributed by atoms with Gasteiger partial charge in [-0.15, -0.1) is 0 Å². The summed E-state index contributed by atoms with van der Waals surface area (Å²) in [5.74, 6) is 0.875. The monoisotopic (exact) mass is 293 g/mol. The zero-order valence-electron chi connectivity index (χ0n) is 12.0. The predicted molar refractivity (Wildman–Crippen MR) is 82.9 cm³/mol. The normalized spacial score (nSPS) is 25.8. The third-order valence-corrected chi connectivity index (χ3v) is 5.10. The molecule has 0 spiro atoms. The lowest BCUT2D eigenvalue weighted by molar-refractivity contribution is 0.141. The second-order valence-electron chi connectivity index (χ2n) is 6.16. The van der Waals surface area contributed by atoms with Crippen LogP contribution in [0, 0.1) is 5.92 Å². The van der Waals surface area contributed by atoms with E-state index in [0.717, 1.165) is 37.1 Å². The lowest BCUT2D eigenvalue weighted by Gasteiger charge is -2.39. The lowest BCUT2D eigenvalue weighted by atomic mass is 9.83. The largest absolute Gasteiger partial charge is 0.311 e. The van der Waals surface area contributed by atoms with Crippen LogP contribution in [0.15, 0.2) is 18.5 Å². The van der Waals surface area contributed by atoms with Crippen molar-refractivity contribution >= 4 is 11.6 Å². The van der Waals surface area contributed by atoms with Crippen molar-refractivity contribution in [3.63, 3.8) is 0 Å². The molecule has 1 aromatic rings. The van der Waals surface area contributed by atoms with Gasteiger partial charge in [0.1, 0.15) is 0 Å². The number of nitrogens with zero attached hydrogens (tertiary/aromatic N) is 2. The number of rotatable bonds is 3. The average molecular weight is 294 g/mol. The maximum absolute atomic E-state index is 6.22. The second-order valence-corrected chi connectivity index (χ2v) is 6.57. The Bertz CT molecular complexity index is 431. The molecule has 3 rings (SSSR count). The van der Waals surface area contributed by atoms with Crippen molar-refractivity contribution < 1.29 is 0 Å². The minimum absolute atomic E-state index is 0.671. The molecule has 0 aromatic carbocycles. The molecule has 20 heavy (non-hydrogen) atoms. The van der Waals surface area contributed by atoms with Gasteiger partial charge in [0.15, 0.2) is 0 Å². The van der Waals surface area contributed by atoms with E-state index in [1.165, 1.54) is 37.7 Å². The molecule has 2 heterocycles. The van der Waals surface area contributed by atoms with Crippen molar-refractivity contribution in [2.45, 2.75) is 44.7 Å². The van der Waals surface area contributed by atoms with E-state index in [2.05, 4.69) is 15.2 Å². The standard InChI is InChI=1S/C16H24ClN3/c17-15-10-18-7-6-14(15)11-20-9-8-19-16(12-20)13-4-2-1-3-5-13/h6-7,10,13,16,19H,1-5,8-9,11-12H2. The summed E-state index contributed by atoms with van der Waals surface area (Å²) in [6.07, 6.45) is 10.7. The number of hydrogen-bond acceptors (Lipinski definition) is 3. The molecule has 0 bridgehead atoms. The van der Waals surface area contributed by atoms with Crippen molar-refractivity contribution in [2.24, 2.45) is 5.92 Å². The first-order valence-electron chi connectivity index (χ1n) is 7.87. The van der Waals surface area contributed by atoms with Crippen LogP contribution in [0.4, 0.5) is 0 Å². The fraction of sp³-hybridized carbons (Fsp3) is 0.688. The number of aromatic nitrogens is 1. The molecule has 1 aliphatic carbocycles. The Hall–Kier alpha value is -0.640. The number of halogens is 1. The molecule has 2 aliphatic rings. The van der Waals surface area contributed by atoms with E-state index < -0.39 is 0 Å². The fourth-order valence-corrected chi connectivity index (χ4v) is 3.79. The van der Waals surface area contributed by atoms with Crippen LogP contribution in [-0.4, -0.2) is 35.6 Å². The van der Waals surface area contributed by atoms with Gasteiger partial charge in [-0.2, -0.15) is 0 Å². The molecule has 1 atom stereocenters. The van der Waals surface area contributed by atoms with E-state index in [1.54, 1.807) is 6.20 Å². The highest BCUT2D eigenvalue weighted by molar-refractivity contribution is 6.31. The van der Waals surface area contributed by atoms with Crippen molar-refractivity contribution in [3.8, 4) is 0 Å². The molecule has 1 aliphatic heterocycles. The van der Waals surface area contributed by atoms with Crippen LogP contribution in [0.3, 0.4) is 0 Å². The zero-order valence-corrected chi connectivity index (χ0v) is 12.8. The molecule has 1 saturated carbocycles. The Morgan fingerprint density at radius 1 is 1.30 bits per heavy atom. The molecular weight excluding hydrogens is 270 g/mol. The summed E-state index contributed by atoms with van der Waals surface area (Å²) in [5, 5.41) is 4.52. The van der Waals surface area contributed by atoms with Crippen LogP contribution in [0.5, 0.6) is 0 Å². The molecule has 110 valence electrons. The molecule has 0 radical (unpaired) electrons. The Balaban J connectivity index is 1.59. The van der Waals surface area contributed by atoms with Gasteiger partial charge in [-0.1, -0.05) is 30.9 Å². The highest BCUT2D eigenvalue weighted by atomic mass is 35.5. The van der Waals surface area contributed by atoms with Crippen LogP contribution in [-0.2, 0) is 6.54 Å². The van der Waals surface area contributed by atoms with Gasteiger partial charge < -0.3 is 5.32 Å². The average Bonchev–Trinajstić information content (AvgIpc) is 2.51. The quantitative estimate of drug-likeness (QED) is 0.928. The van der Waals surface area contributed by atoms with Crippen LogP contribution in [0.2, 0.25) is 5.02 Å². The Morgan fingerprint density at radius 3 is 2.95 bits per heavy atom. The molecular formula is C16H24ClN3. The van der Waals surface area contributed by atoms with Crippen LogP contribution in [0.1, 0.15) is 37.7 Å². The van der Waals surface area contributed by atoms with E-state index in [-0.39, 0.29) is 0 Å². The van der Waals surface area contributed by atoms with E-state index in [9.17, 15) is 0 Å². The molecule has 2 fully saturated rings. The second kappa shape index (κ2) is 6.88. The van der Waals surface area contributed by atoms with Gasteiger partial charge in [0, 0.05) is 44.6 Å². The zero-order chi connectivity index (χ0) is 13.8. The third kappa shape index (κ3) is 3.51. The first-order chi connectivity index (χ1) is 9.83. The van der Waals surface area contributed by atoms with E-state index in [0.29, 0.717) is 6.04 Å². The molecule has 1 N–H and O–H groups in total. The van der Waals surface area contributed by atoms with Gasteiger partial charge in [0.25, 0.3) is 0 Å². The first kappa shape index (κ1) is 14.3. The third-order valence-electron chi connectivity index (χ3n) is 4.76. The van der Waals surface area contributed by atoms with E-state index in [4.69, 9.17) is 11.6 Å². The predicted octanol–water partition coefficient (Wildman–Crippen LogP) is 3.09. The lowest BCUT2D eigenvalue weighted by Crippen LogP contribution is -2.53. The molecule has 3 nitrogen and oxygen atoms in total. The summed E-state index contributed by atoms with van der Waals surface area (Å²) in [6, 6.07) is 2.71. The smallest absolute Gasteiger partial charge is 0.0634 e. The first-order valence-corrected chi connectivity index (χ1v) is 8.25. The SMILES string of the molecule is Clc1cnccc1CN1CCNC(C2CCCCC2)C1. The van der Waals surface area contributed by atoms with Gasteiger partial charge in [-0.05, 0) is 30.4 Å². The van der Waals surface area contributed by atoms with Crippen molar-refractivity contribution in [1.82, 2.24) is 15.2 Å². The molecule has 1 aromatic heterocycles.